The number of carbonyl (C=O) groups excluding carboxylic acids is 3. The van der Waals surface area contributed by atoms with Crippen molar-refractivity contribution in [2.24, 2.45) is 0 Å². The van der Waals surface area contributed by atoms with Gasteiger partial charge in [0.05, 0.1) is 17.7 Å². The minimum absolute atomic E-state index is 0.0176. The quantitative estimate of drug-likeness (QED) is 0.608. The fourth-order valence-corrected chi connectivity index (χ4v) is 6.57. The molecule has 3 amide bonds. The van der Waals surface area contributed by atoms with Gasteiger partial charge in [-0.2, -0.15) is 0 Å². The van der Waals surface area contributed by atoms with E-state index in [4.69, 9.17) is 0 Å². The van der Waals surface area contributed by atoms with Crippen molar-refractivity contribution in [3.63, 3.8) is 0 Å². The molecule has 2 fully saturated rings. The molecule has 5 rings (SSSR count). The average Bonchev–Trinajstić information content (AvgIpc) is 2.98. The second kappa shape index (κ2) is 9.67. The van der Waals surface area contributed by atoms with Gasteiger partial charge < -0.3 is 20.1 Å². The molecule has 2 heterocycles. The van der Waals surface area contributed by atoms with E-state index in [2.05, 4.69) is 10.6 Å². The number of hydrogen-bond donors (Lipinski definition) is 2. The summed E-state index contributed by atoms with van der Waals surface area (Å²) >= 11 is 0. The lowest BCUT2D eigenvalue weighted by molar-refractivity contribution is -0.135. The van der Waals surface area contributed by atoms with E-state index in [9.17, 15) is 14.4 Å². The van der Waals surface area contributed by atoms with Gasteiger partial charge in [-0.05, 0) is 38.7 Å². The van der Waals surface area contributed by atoms with Crippen LogP contribution in [0.2, 0.25) is 0 Å². The van der Waals surface area contributed by atoms with Gasteiger partial charge in [0, 0.05) is 24.4 Å². The zero-order valence-corrected chi connectivity index (χ0v) is 21.1. The number of nitrogens with zero attached hydrogens (tertiary/aromatic N) is 2. The number of amides is 3. The number of fused-ring (bicyclic) bond motifs is 3. The highest BCUT2D eigenvalue weighted by atomic mass is 16.2. The van der Waals surface area contributed by atoms with E-state index in [0.29, 0.717) is 17.9 Å². The first-order chi connectivity index (χ1) is 16.9. The van der Waals surface area contributed by atoms with Crippen LogP contribution < -0.4 is 10.6 Å². The lowest BCUT2D eigenvalue weighted by Gasteiger charge is -2.48. The first-order valence-corrected chi connectivity index (χ1v) is 13.4. The second-order valence-electron chi connectivity index (χ2n) is 10.9. The van der Waals surface area contributed by atoms with Crippen molar-refractivity contribution in [1.29, 1.82) is 0 Å². The summed E-state index contributed by atoms with van der Waals surface area (Å²) in [7, 11) is 0. The summed E-state index contributed by atoms with van der Waals surface area (Å²) in [5, 5.41) is 7.11. The Hall–Kier alpha value is -2.83. The molecule has 0 spiro atoms. The Kier molecular flexibility index (Phi) is 6.60. The van der Waals surface area contributed by atoms with Gasteiger partial charge in [0.15, 0.2) is 0 Å². The number of hydrogen-bond acceptors (Lipinski definition) is 3. The fourth-order valence-electron chi connectivity index (χ4n) is 6.57. The molecule has 7 heteroatoms. The van der Waals surface area contributed by atoms with Crippen LogP contribution in [0.25, 0.3) is 10.9 Å². The van der Waals surface area contributed by atoms with Crippen LogP contribution in [-0.2, 0) is 16.1 Å². The number of anilines is 1. The highest BCUT2D eigenvalue weighted by Gasteiger charge is 2.51. The maximum atomic E-state index is 14.4. The Morgan fingerprint density at radius 2 is 1.57 bits per heavy atom. The van der Waals surface area contributed by atoms with Gasteiger partial charge in [-0.3, -0.25) is 14.4 Å². The Morgan fingerprint density at radius 3 is 2.26 bits per heavy atom. The third kappa shape index (κ3) is 4.34. The van der Waals surface area contributed by atoms with E-state index in [1.807, 2.05) is 40.7 Å². The van der Waals surface area contributed by atoms with Crippen LogP contribution in [0.15, 0.2) is 24.3 Å². The number of rotatable bonds is 4. The normalized spacial score (nSPS) is 24.2. The van der Waals surface area contributed by atoms with Crippen molar-refractivity contribution in [3.8, 4) is 0 Å². The van der Waals surface area contributed by atoms with E-state index in [1.54, 1.807) is 0 Å². The van der Waals surface area contributed by atoms with E-state index in [-0.39, 0.29) is 29.8 Å². The molecule has 0 saturated heterocycles. The van der Waals surface area contributed by atoms with Gasteiger partial charge in [0.1, 0.15) is 11.2 Å². The molecule has 35 heavy (non-hydrogen) atoms. The molecule has 0 unspecified atom stereocenters. The third-order valence-corrected chi connectivity index (χ3v) is 8.31. The first kappa shape index (κ1) is 23.9. The standard InChI is InChI=1S/C28H38N4O3/c1-19(33)29-24-22-16-10-11-17-23(22)31-18-28(2,27(35)30-20-12-6-5-7-13-20)32(26(34)25(24)31)21-14-8-3-4-9-15-21/h10-11,16-17,20-21H,3-9,12-15,18H2,1-2H3,(H,29,33)(H,30,35)/t28-/m1/s1. The fraction of sp³-hybridized carbons (Fsp3) is 0.607. The zero-order valence-electron chi connectivity index (χ0n) is 21.1. The number of para-hydroxylation sites is 1. The van der Waals surface area contributed by atoms with Crippen LogP contribution in [0.1, 0.15) is 95.0 Å². The lowest BCUT2D eigenvalue weighted by Crippen LogP contribution is -2.67. The van der Waals surface area contributed by atoms with Gasteiger partial charge in [-0.25, -0.2) is 0 Å². The van der Waals surface area contributed by atoms with Crippen LogP contribution in [0, 0.1) is 0 Å². The molecule has 2 N–H and O–H groups in total. The number of carbonyl (C=O) groups is 3. The molecule has 0 radical (unpaired) electrons. The third-order valence-electron chi connectivity index (χ3n) is 8.31. The van der Waals surface area contributed by atoms with E-state index >= 15 is 0 Å². The predicted octanol–water partition coefficient (Wildman–Crippen LogP) is 4.99. The van der Waals surface area contributed by atoms with Crippen molar-refractivity contribution in [3.05, 3.63) is 30.0 Å². The lowest BCUT2D eigenvalue weighted by atomic mass is 9.88. The van der Waals surface area contributed by atoms with Crippen LogP contribution >= 0.6 is 0 Å². The smallest absolute Gasteiger partial charge is 0.273 e. The predicted molar refractivity (Wildman–Crippen MR) is 137 cm³/mol. The minimum Gasteiger partial charge on any atom is -0.351 e. The molecule has 188 valence electrons. The van der Waals surface area contributed by atoms with Crippen molar-refractivity contribution in [2.45, 2.75) is 109 Å². The summed E-state index contributed by atoms with van der Waals surface area (Å²) in [6.45, 7) is 3.80. The molecule has 2 aliphatic carbocycles. The van der Waals surface area contributed by atoms with E-state index in [0.717, 1.165) is 62.3 Å². The molecule has 0 bridgehead atoms. The van der Waals surface area contributed by atoms with Gasteiger partial charge >= 0.3 is 0 Å². The van der Waals surface area contributed by atoms with Crippen molar-refractivity contribution in [1.82, 2.24) is 14.8 Å². The average molecular weight is 479 g/mol. The molecular formula is C28H38N4O3. The summed E-state index contributed by atoms with van der Waals surface area (Å²) in [6.07, 6.45) is 11.8. The highest BCUT2D eigenvalue weighted by Crippen LogP contribution is 2.41. The second-order valence-corrected chi connectivity index (χ2v) is 10.9. The van der Waals surface area contributed by atoms with Crippen molar-refractivity contribution < 1.29 is 14.4 Å². The molecule has 2 saturated carbocycles. The minimum atomic E-state index is -0.994. The van der Waals surface area contributed by atoms with E-state index in [1.165, 1.54) is 26.2 Å². The monoisotopic (exact) mass is 478 g/mol. The van der Waals surface area contributed by atoms with Gasteiger partial charge in [-0.15, -0.1) is 0 Å². The first-order valence-electron chi connectivity index (χ1n) is 13.4. The van der Waals surface area contributed by atoms with Crippen molar-refractivity contribution in [2.75, 3.05) is 5.32 Å². The molecular weight excluding hydrogens is 440 g/mol. The van der Waals surface area contributed by atoms with Crippen molar-refractivity contribution >= 4 is 34.3 Å². The highest BCUT2D eigenvalue weighted by molar-refractivity contribution is 6.14. The van der Waals surface area contributed by atoms with Crippen LogP contribution in [0.4, 0.5) is 5.69 Å². The van der Waals surface area contributed by atoms with Gasteiger partial charge in [-0.1, -0.05) is 63.1 Å². The summed E-state index contributed by atoms with van der Waals surface area (Å²) in [4.78, 5) is 42.4. The Balaban J connectivity index is 1.62. The number of aromatic nitrogens is 1. The summed E-state index contributed by atoms with van der Waals surface area (Å²) in [5.74, 6) is -0.405. The largest absolute Gasteiger partial charge is 0.351 e. The maximum Gasteiger partial charge on any atom is 0.273 e. The SMILES string of the molecule is CC(=O)Nc1c2n(c3ccccc13)C[C@](C)(C(=O)NC1CCCCC1)N(C1CCCCCC1)C2=O. The topological polar surface area (TPSA) is 83.4 Å². The molecule has 2 aromatic rings. The Bertz CT molecular complexity index is 1120. The summed E-state index contributed by atoms with van der Waals surface area (Å²) in [6, 6.07) is 7.96. The van der Waals surface area contributed by atoms with Gasteiger partial charge in [0.25, 0.3) is 5.91 Å². The molecule has 7 nitrogen and oxygen atoms in total. The molecule has 1 aromatic heterocycles. The molecule has 1 atom stereocenters. The number of benzene rings is 1. The Labute approximate surface area is 207 Å². The van der Waals surface area contributed by atoms with Crippen LogP contribution in [-0.4, -0.2) is 44.8 Å². The van der Waals surface area contributed by atoms with Crippen LogP contribution in [0.5, 0.6) is 0 Å². The van der Waals surface area contributed by atoms with E-state index < -0.39 is 5.54 Å². The van der Waals surface area contributed by atoms with Crippen LogP contribution in [0.3, 0.4) is 0 Å². The molecule has 1 aliphatic heterocycles. The number of nitrogens with one attached hydrogen (secondary N) is 2. The maximum absolute atomic E-state index is 14.4. The molecule has 3 aliphatic rings. The summed E-state index contributed by atoms with van der Waals surface area (Å²) < 4.78 is 1.97. The molecule has 1 aromatic carbocycles. The van der Waals surface area contributed by atoms with Gasteiger partial charge in [0.2, 0.25) is 11.8 Å². The Morgan fingerprint density at radius 1 is 0.943 bits per heavy atom. The zero-order chi connectivity index (χ0) is 24.6. The summed E-state index contributed by atoms with van der Waals surface area (Å²) in [5.41, 5.74) is 0.933.